The molecule has 2 aliphatic heterocycles. The van der Waals surface area contributed by atoms with Crippen molar-refractivity contribution in [1.29, 1.82) is 0 Å². The van der Waals surface area contributed by atoms with Gasteiger partial charge in [0, 0.05) is 38.7 Å². The molecule has 3 rings (SSSR count). The third-order valence-corrected chi connectivity index (χ3v) is 5.21. The van der Waals surface area contributed by atoms with Crippen LogP contribution in [0.1, 0.15) is 36.8 Å². The minimum Gasteiger partial charge on any atom is -0.395 e. The summed E-state index contributed by atoms with van der Waals surface area (Å²) in [5, 5.41) is 8.75. The Balaban J connectivity index is 1.60. The van der Waals surface area contributed by atoms with Gasteiger partial charge in [-0.25, -0.2) is 0 Å². The molecule has 1 atom stereocenters. The van der Waals surface area contributed by atoms with Gasteiger partial charge in [-0.1, -0.05) is 24.0 Å². The first-order valence-corrected chi connectivity index (χ1v) is 8.80. The van der Waals surface area contributed by atoms with E-state index in [0.717, 1.165) is 51.0 Å². The van der Waals surface area contributed by atoms with E-state index in [2.05, 4.69) is 28.9 Å². The lowest BCUT2D eigenvalue weighted by atomic mass is 9.78. The molecule has 0 radical (unpaired) electrons. The van der Waals surface area contributed by atoms with Crippen molar-refractivity contribution in [2.75, 3.05) is 33.3 Å². The average Bonchev–Trinajstić information content (AvgIpc) is 2.98. The minimum atomic E-state index is -0.136. The van der Waals surface area contributed by atoms with Gasteiger partial charge in [0.1, 0.15) is 0 Å². The summed E-state index contributed by atoms with van der Waals surface area (Å²) in [5.41, 5.74) is 2.11. The first-order valence-electron chi connectivity index (χ1n) is 8.80. The summed E-state index contributed by atoms with van der Waals surface area (Å²) in [6.45, 7) is 3.78. The van der Waals surface area contributed by atoms with Crippen molar-refractivity contribution in [2.45, 2.75) is 32.2 Å². The monoisotopic (exact) mass is 326 g/mol. The van der Waals surface area contributed by atoms with Crippen LogP contribution in [-0.2, 0) is 11.3 Å². The first-order chi connectivity index (χ1) is 11.6. The zero-order valence-corrected chi connectivity index (χ0v) is 14.4. The topological polar surface area (TPSA) is 43.8 Å². The number of nitrogens with zero attached hydrogens (tertiary/aromatic N) is 2. The maximum absolute atomic E-state index is 12.6. The fraction of sp³-hybridized carbons (Fsp3) is 0.550. The van der Waals surface area contributed by atoms with Crippen LogP contribution in [0.2, 0.25) is 0 Å². The van der Waals surface area contributed by atoms with Crippen LogP contribution in [0.15, 0.2) is 24.3 Å². The van der Waals surface area contributed by atoms with E-state index in [9.17, 15) is 4.79 Å². The number of hydrogen-bond acceptors (Lipinski definition) is 3. The van der Waals surface area contributed by atoms with E-state index in [4.69, 9.17) is 5.11 Å². The molecular formula is C20H26N2O2. The van der Waals surface area contributed by atoms with Crippen LogP contribution in [0.5, 0.6) is 0 Å². The molecule has 4 nitrogen and oxygen atoms in total. The Morgan fingerprint density at radius 1 is 1.21 bits per heavy atom. The van der Waals surface area contributed by atoms with Gasteiger partial charge >= 0.3 is 0 Å². The van der Waals surface area contributed by atoms with Crippen LogP contribution < -0.4 is 0 Å². The van der Waals surface area contributed by atoms with Crippen LogP contribution in [-0.4, -0.2) is 54.1 Å². The zero-order valence-electron chi connectivity index (χ0n) is 14.4. The molecule has 128 valence electrons. The number of amides is 1. The van der Waals surface area contributed by atoms with Gasteiger partial charge in [0.15, 0.2) is 0 Å². The van der Waals surface area contributed by atoms with Crippen LogP contribution in [0.4, 0.5) is 0 Å². The number of benzene rings is 1. The summed E-state index contributed by atoms with van der Waals surface area (Å²) in [5.74, 6) is 6.33. The fourth-order valence-electron chi connectivity index (χ4n) is 3.91. The Morgan fingerprint density at radius 3 is 2.75 bits per heavy atom. The second-order valence-corrected chi connectivity index (χ2v) is 7.04. The molecule has 0 saturated carbocycles. The normalized spacial score (nSPS) is 24.2. The van der Waals surface area contributed by atoms with Gasteiger partial charge in [-0.3, -0.25) is 9.69 Å². The summed E-state index contributed by atoms with van der Waals surface area (Å²) in [6.07, 6.45) is 3.66. The van der Waals surface area contributed by atoms with E-state index in [1.54, 1.807) is 0 Å². The molecule has 4 heteroatoms. The molecule has 0 aliphatic carbocycles. The Kier molecular flexibility index (Phi) is 5.23. The lowest BCUT2D eigenvalue weighted by Gasteiger charge is -2.37. The molecule has 1 aromatic rings. The van der Waals surface area contributed by atoms with Crippen LogP contribution in [0.3, 0.4) is 0 Å². The lowest BCUT2D eigenvalue weighted by molar-refractivity contribution is -0.143. The molecule has 1 aromatic carbocycles. The summed E-state index contributed by atoms with van der Waals surface area (Å²) in [4.78, 5) is 16.9. The number of carbonyl (C=O) groups excluding carboxylic acids is 1. The first kappa shape index (κ1) is 17.0. The van der Waals surface area contributed by atoms with E-state index < -0.39 is 0 Å². The van der Waals surface area contributed by atoms with E-state index in [-0.39, 0.29) is 12.0 Å². The van der Waals surface area contributed by atoms with Crippen molar-refractivity contribution in [3.05, 3.63) is 35.4 Å². The number of carbonyl (C=O) groups is 1. The second kappa shape index (κ2) is 7.38. The summed E-state index contributed by atoms with van der Waals surface area (Å²) >= 11 is 0. The number of piperidine rings is 1. The molecule has 0 unspecified atom stereocenters. The molecule has 0 bridgehead atoms. The maximum atomic E-state index is 12.6. The van der Waals surface area contributed by atoms with Crippen molar-refractivity contribution >= 4 is 5.91 Å². The number of likely N-dealkylation sites (tertiary alicyclic amines) is 2. The van der Waals surface area contributed by atoms with Crippen molar-refractivity contribution in [2.24, 2.45) is 5.41 Å². The maximum Gasteiger partial charge on any atom is 0.229 e. The highest BCUT2D eigenvalue weighted by molar-refractivity contribution is 5.83. The standard InChI is InChI=1S/C20H26N2O2/c1-21-12-4-10-20(19(21)24)11-13-22(16-20)15-18-8-6-17(7-9-18)5-2-3-14-23/h6-9,23H,3-4,10-16H2,1H3/t20-/m1/s1. The van der Waals surface area contributed by atoms with Crippen LogP contribution in [0, 0.1) is 17.3 Å². The van der Waals surface area contributed by atoms with Crippen molar-refractivity contribution in [3.63, 3.8) is 0 Å². The van der Waals surface area contributed by atoms with Crippen LogP contribution >= 0.6 is 0 Å². The highest BCUT2D eigenvalue weighted by Gasteiger charge is 2.47. The SMILES string of the molecule is CN1CCC[C@]2(CCN(Cc3ccc(C#CCCO)cc3)C2)C1=O. The third-order valence-electron chi connectivity index (χ3n) is 5.21. The summed E-state index contributed by atoms with van der Waals surface area (Å²) in [7, 11) is 1.93. The van der Waals surface area contributed by atoms with E-state index in [1.807, 2.05) is 24.1 Å². The van der Waals surface area contributed by atoms with Gasteiger partial charge in [-0.2, -0.15) is 0 Å². The van der Waals surface area contributed by atoms with Gasteiger partial charge < -0.3 is 10.0 Å². The minimum absolute atomic E-state index is 0.107. The largest absolute Gasteiger partial charge is 0.395 e. The highest BCUT2D eigenvalue weighted by Crippen LogP contribution is 2.40. The van der Waals surface area contributed by atoms with Gasteiger partial charge in [0.2, 0.25) is 5.91 Å². The molecular weight excluding hydrogens is 300 g/mol. The van der Waals surface area contributed by atoms with Gasteiger partial charge in [-0.05, 0) is 43.5 Å². The Labute approximate surface area is 144 Å². The number of aliphatic hydroxyl groups is 1. The highest BCUT2D eigenvalue weighted by atomic mass is 16.2. The summed E-state index contributed by atoms with van der Waals surface area (Å²) < 4.78 is 0. The number of rotatable bonds is 3. The third kappa shape index (κ3) is 3.63. The Bertz CT molecular complexity index is 644. The number of aliphatic hydroxyl groups excluding tert-OH is 1. The van der Waals surface area contributed by atoms with E-state index in [1.165, 1.54) is 5.56 Å². The lowest BCUT2D eigenvalue weighted by Crippen LogP contribution is -2.48. The average molecular weight is 326 g/mol. The smallest absolute Gasteiger partial charge is 0.229 e. The molecule has 2 fully saturated rings. The van der Waals surface area contributed by atoms with Gasteiger partial charge in [0.05, 0.1) is 12.0 Å². The number of hydrogen-bond donors (Lipinski definition) is 1. The van der Waals surface area contributed by atoms with Crippen molar-refractivity contribution in [1.82, 2.24) is 9.80 Å². The molecule has 1 amide bonds. The Morgan fingerprint density at radius 2 is 2.00 bits per heavy atom. The molecule has 24 heavy (non-hydrogen) atoms. The van der Waals surface area contributed by atoms with Crippen molar-refractivity contribution in [3.8, 4) is 11.8 Å². The predicted octanol–water partition coefficient (Wildman–Crippen LogP) is 1.86. The molecule has 1 spiro atoms. The van der Waals surface area contributed by atoms with E-state index >= 15 is 0 Å². The molecule has 2 heterocycles. The van der Waals surface area contributed by atoms with Crippen LogP contribution in [0.25, 0.3) is 0 Å². The predicted molar refractivity (Wildman–Crippen MR) is 94.2 cm³/mol. The van der Waals surface area contributed by atoms with Crippen molar-refractivity contribution < 1.29 is 9.90 Å². The second-order valence-electron chi connectivity index (χ2n) is 7.04. The molecule has 2 aliphatic rings. The molecule has 1 N–H and O–H groups in total. The molecule has 2 saturated heterocycles. The van der Waals surface area contributed by atoms with Gasteiger partial charge in [-0.15, -0.1) is 0 Å². The quantitative estimate of drug-likeness (QED) is 0.863. The fourth-order valence-corrected chi connectivity index (χ4v) is 3.91. The zero-order chi connectivity index (χ0) is 17.0. The molecule has 0 aromatic heterocycles. The Hall–Kier alpha value is -1.83. The summed E-state index contributed by atoms with van der Waals surface area (Å²) in [6, 6.07) is 8.29. The van der Waals surface area contributed by atoms with Gasteiger partial charge in [0.25, 0.3) is 0 Å². The van der Waals surface area contributed by atoms with E-state index in [0.29, 0.717) is 12.3 Å².